The Balaban J connectivity index is -0.000000337. The molecule has 0 bridgehead atoms. The van der Waals surface area contributed by atoms with Gasteiger partial charge >= 0.3 is 15.6 Å². The highest BCUT2D eigenvalue weighted by molar-refractivity contribution is 7.86. The lowest BCUT2D eigenvalue weighted by Gasteiger charge is -2.29. The van der Waals surface area contributed by atoms with E-state index in [-0.39, 0.29) is 15.8 Å². The number of hydrogen-bond acceptors (Lipinski definition) is 2. The zero-order valence-corrected chi connectivity index (χ0v) is 22.3. The molecule has 0 atom stereocenters. The Labute approximate surface area is 174 Å². The minimum atomic E-state index is -5.84. The molecule has 28 heavy (non-hydrogen) atoms. The van der Waals surface area contributed by atoms with Crippen molar-refractivity contribution >= 4 is 26.0 Å². The largest absolute Gasteiger partial charge is 0.522 e. The standard InChI is InChI=1S/2C9H21P.CHF3O3S/c2*1-7(2)10(8(3)4)9(5)6;2-1(3,4)8(5,6)7/h2*7-9H,1-6H3;(H,5,6,7). The second-order valence-electron chi connectivity index (χ2n) is 8.38. The molecule has 0 aromatic rings. The SMILES string of the molecule is CC(C)P(C(C)C)C(C)C.CC(C)P(C(C)C)C(C)C.O=S(=O)(O)C(F)(F)F. The summed E-state index contributed by atoms with van der Waals surface area (Å²) in [6.07, 6.45) is 0. The van der Waals surface area contributed by atoms with Crippen molar-refractivity contribution in [1.82, 2.24) is 0 Å². The number of hydrogen-bond donors (Lipinski definition) is 1. The molecular weight excluding hydrogens is 427 g/mol. The highest BCUT2D eigenvalue weighted by Crippen LogP contribution is 2.50. The van der Waals surface area contributed by atoms with Crippen LogP contribution < -0.4 is 0 Å². The number of alkyl halides is 3. The van der Waals surface area contributed by atoms with Crippen LogP contribution in [0.4, 0.5) is 13.2 Å². The molecule has 0 aliphatic heterocycles. The van der Waals surface area contributed by atoms with Gasteiger partial charge in [-0.05, 0) is 34.0 Å². The third-order valence-electron chi connectivity index (χ3n) is 3.87. The summed E-state index contributed by atoms with van der Waals surface area (Å²) in [7, 11) is -5.32. The first-order valence-electron chi connectivity index (χ1n) is 9.76. The maximum Gasteiger partial charge on any atom is 0.522 e. The van der Waals surface area contributed by atoms with Gasteiger partial charge in [-0.3, -0.25) is 4.55 Å². The molecule has 0 saturated heterocycles. The van der Waals surface area contributed by atoms with Gasteiger partial charge in [-0.25, -0.2) is 0 Å². The molecule has 0 amide bonds. The predicted molar refractivity (Wildman–Crippen MR) is 122 cm³/mol. The zero-order chi connectivity index (χ0) is 23.6. The van der Waals surface area contributed by atoms with Crippen LogP contribution in [0.5, 0.6) is 0 Å². The van der Waals surface area contributed by atoms with Gasteiger partial charge < -0.3 is 0 Å². The van der Waals surface area contributed by atoms with E-state index in [4.69, 9.17) is 13.0 Å². The smallest absolute Gasteiger partial charge is 0.279 e. The monoisotopic (exact) mass is 470 g/mol. The average Bonchev–Trinajstić information content (AvgIpc) is 2.33. The molecule has 0 aromatic carbocycles. The topological polar surface area (TPSA) is 54.4 Å². The fourth-order valence-corrected chi connectivity index (χ4v) is 10.7. The lowest BCUT2D eigenvalue weighted by Crippen LogP contribution is -2.21. The molecule has 0 unspecified atom stereocenters. The summed E-state index contributed by atoms with van der Waals surface area (Å²) in [5.74, 6) is 0. The highest BCUT2D eigenvalue weighted by Gasteiger charge is 2.44. The van der Waals surface area contributed by atoms with Crippen molar-refractivity contribution in [3.8, 4) is 0 Å². The van der Waals surface area contributed by atoms with Gasteiger partial charge in [-0.1, -0.05) is 98.9 Å². The molecule has 9 heteroatoms. The molecule has 0 aromatic heterocycles. The summed E-state index contributed by atoms with van der Waals surface area (Å²) >= 11 is 0. The molecule has 0 aliphatic carbocycles. The Hall–Kier alpha value is 0.560. The summed E-state index contributed by atoms with van der Waals surface area (Å²) in [4.78, 5) is 0. The van der Waals surface area contributed by atoms with E-state index < -0.39 is 15.6 Å². The quantitative estimate of drug-likeness (QED) is 0.245. The lowest BCUT2D eigenvalue weighted by atomic mass is 10.5. The third kappa shape index (κ3) is 15.4. The highest BCUT2D eigenvalue weighted by atomic mass is 32.2. The third-order valence-corrected chi connectivity index (χ3v) is 11.6. The Kier molecular flexibility index (Phi) is 17.2. The van der Waals surface area contributed by atoms with Crippen LogP contribution >= 0.6 is 15.8 Å². The van der Waals surface area contributed by atoms with Crippen LogP contribution in [0.25, 0.3) is 0 Å². The van der Waals surface area contributed by atoms with Crippen molar-refractivity contribution in [3.05, 3.63) is 0 Å². The van der Waals surface area contributed by atoms with Crippen LogP contribution in [0.15, 0.2) is 0 Å². The van der Waals surface area contributed by atoms with Crippen molar-refractivity contribution in [3.63, 3.8) is 0 Å². The van der Waals surface area contributed by atoms with Crippen molar-refractivity contribution < 1.29 is 26.1 Å². The van der Waals surface area contributed by atoms with Gasteiger partial charge in [-0.2, -0.15) is 21.6 Å². The maximum absolute atomic E-state index is 10.7. The second-order valence-corrected chi connectivity index (χ2v) is 17.8. The van der Waals surface area contributed by atoms with Crippen molar-refractivity contribution in [1.29, 1.82) is 0 Å². The lowest BCUT2D eigenvalue weighted by molar-refractivity contribution is -0.0510. The minimum absolute atomic E-state index is 0.262. The van der Waals surface area contributed by atoms with Crippen LogP contribution in [-0.2, 0) is 10.1 Å². The fourth-order valence-electron chi connectivity index (χ4n) is 3.58. The Bertz CT molecular complexity index is 427. The molecule has 0 spiro atoms. The summed E-state index contributed by atoms with van der Waals surface area (Å²) in [5.41, 5.74) is -0.146. The Morgan fingerprint density at radius 1 is 0.571 bits per heavy atom. The molecule has 0 aliphatic rings. The molecule has 174 valence electrons. The van der Waals surface area contributed by atoms with E-state index in [1.807, 2.05) is 0 Å². The maximum atomic E-state index is 10.7. The van der Waals surface area contributed by atoms with Gasteiger partial charge in [-0.15, -0.1) is 0 Å². The van der Waals surface area contributed by atoms with Crippen molar-refractivity contribution in [2.75, 3.05) is 0 Å². The van der Waals surface area contributed by atoms with Gasteiger partial charge in [0, 0.05) is 0 Å². The molecular formula is C19H43F3O3P2S. The summed E-state index contributed by atoms with van der Waals surface area (Å²) in [6.45, 7) is 28.2. The van der Waals surface area contributed by atoms with E-state index in [2.05, 4.69) is 83.1 Å². The van der Waals surface area contributed by atoms with Crippen LogP contribution in [-0.4, -0.2) is 52.4 Å². The van der Waals surface area contributed by atoms with Crippen LogP contribution in [0.1, 0.15) is 83.1 Å². The first-order valence-corrected chi connectivity index (χ1v) is 14.3. The normalized spacial score (nSPS) is 13.0. The summed E-state index contributed by atoms with van der Waals surface area (Å²) < 4.78 is 57.5. The summed E-state index contributed by atoms with van der Waals surface area (Å²) in [5, 5.41) is 0. The molecule has 0 saturated carbocycles. The van der Waals surface area contributed by atoms with Gasteiger partial charge in [0.25, 0.3) is 0 Å². The number of halogens is 3. The fraction of sp³-hybridized carbons (Fsp3) is 1.00. The van der Waals surface area contributed by atoms with Gasteiger partial charge in [0.2, 0.25) is 0 Å². The molecule has 0 heterocycles. The van der Waals surface area contributed by atoms with Gasteiger partial charge in [0.15, 0.2) is 0 Å². The molecule has 0 rings (SSSR count). The van der Waals surface area contributed by atoms with E-state index in [1.165, 1.54) is 0 Å². The van der Waals surface area contributed by atoms with Crippen molar-refractivity contribution in [2.45, 2.75) is 123 Å². The van der Waals surface area contributed by atoms with Crippen LogP contribution in [0.3, 0.4) is 0 Å². The molecule has 1 N–H and O–H groups in total. The Morgan fingerprint density at radius 3 is 0.679 bits per heavy atom. The minimum Gasteiger partial charge on any atom is -0.279 e. The zero-order valence-electron chi connectivity index (χ0n) is 19.7. The number of rotatable bonds is 6. The van der Waals surface area contributed by atoms with E-state index in [1.54, 1.807) is 0 Å². The summed E-state index contributed by atoms with van der Waals surface area (Å²) in [6, 6.07) is 0. The molecule has 3 nitrogen and oxygen atoms in total. The van der Waals surface area contributed by atoms with Gasteiger partial charge in [0.1, 0.15) is 0 Å². The van der Waals surface area contributed by atoms with E-state index >= 15 is 0 Å². The predicted octanol–water partition coefficient (Wildman–Crippen LogP) is 7.78. The molecule has 0 fully saturated rings. The van der Waals surface area contributed by atoms with Gasteiger partial charge in [0.05, 0.1) is 0 Å². The van der Waals surface area contributed by atoms with E-state index in [0.717, 1.165) is 34.0 Å². The first-order chi connectivity index (χ1) is 12.2. The van der Waals surface area contributed by atoms with E-state index in [9.17, 15) is 13.2 Å². The average molecular weight is 471 g/mol. The first kappa shape index (κ1) is 33.2. The van der Waals surface area contributed by atoms with Crippen LogP contribution in [0, 0.1) is 0 Å². The van der Waals surface area contributed by atoms with E-state index in [0.29, 0.717) is 0 Å². The van der Waals surface area contributed by atoms with Crippen LogP contribution in [0.2, 0.25) is 0 Å². The Morgan fingerprint density at radius 2 is 0.679 bits per heavy atom. The second kappa shape index (κ2) is 14.5. The molecule has 0 radical (unpaired) electrons. The van der Waals surface area contributed by atoms with Crippen molar-refractivity contribution in [2.24, 2.45) is 0 Å².